The van der Waals surface area contributed by atoms with E-state index in [4.69, 9.17) is 18.5 Å². The molecule has 0 aliphatic carbocycles. The predicted octanol–water partition coefficient (Wildman–Crippen LogP) is 20.0. The average molecular weight is 1070 g/mol. The predicted molar refractivity (Wildman–Crippen MR) is 315 cm³/mol. The number of phosphoric acid groups is 1. The summed E-state index contributed by atoms with van der Waals surface area (Å²) in [6.45, 7) is 4.29. The molecule has 0 radical (unpaired) electrons. The lowest BCUT2D eigenvalue weighted by Gasteiger charge is -2.28. The second kappa shape index (κ2) is 56.7. The van der Waals surface area contributed by atoms with Gasteiger partial charge < -0.3 is 27.9 Å². The number of phosphoric ester groups is 1. The Labute approximate surface area is 461 Å². The van der Waals surface area contributed by atoms with Crippen molar-refractivity contribution in [3.63, 3.8) is 0 Å². The van der Waals surface area contributed by atoms with Gasteiger partial charge in [-0.15, -0.1) is 0 Å². The minimum absolute atomic E-state index is 0.0253. The molecule has 442 valence electrons. The Kier molecular flexibility index (Phi) is 56.0. The normalized spacial score (nSPS) is 13.1. The first-order chi connectivity index (χ1) is 36.0. The number of hydrogen-bond acceptors (Lipinski definition) is 8. The summed E-state index contributed by atoms with van der Waals surface area (Å²) in [4.78, 5) is 37.7. The van der Waals surface area contributed by atoms with Crippen molar-refractivity contribution in [1.82, 2.24) is 0 Å². The van der Waals surface area contributed by atoms with Gasteiger partial charge in [0.25, 0.3) is 7.82 Å². The third-order valence-corrected chi connectivity index (χ3v) is 16.1. The second-order valence-electron chi connectivity index (χ2n) is 23.9. The molecule has 74 heavy (non-hydrogen) atoms. The van der Waals surface area contributed by atoms with Crippen molar-refractivity contribution >= 4 is 19.8 Å². The first-order valence-electron chi connectivity index (χ1n) is 32.7. The SMILES string of the molecule is CCCCCCCCCCCCCCCCCCCCCCCCCCCCCCCCCCCCCCCCCC(=O)OC(COC(=O)CCCCCCCCCCCCC)COP(=O)([O-])OCC[N+](C)(C)C. The molecule has 2 unspecified atom stereocenters. The molecule has 0 aromatic heterocycles. The minimum Gasteiger partial charge on any atom is -0.756 e. The van der Waals surface area contributed by atoms with Gasteiger partial charge in [-0.05, 0) is 12.8 Å². The molecule has 0 amide bonds. The van der Waals surface area contributed by atoms with Gasteiger partial charge in [-0.25, -0.2) is 0 Å². The molecule has 0 saturated carbocycles. The number of carbonyl (C=O) groups excluding carboxylic acids is 2. The molecule has 0 fully saturated rings. The van der Waals surface area contributed by atoms with Gasteiger partial charge in [0.15, 0.2) is 6.10 Å². The number of carbonyl (C=O) groups is 2. The highest BCUT2D eigenvalue weighted by Gasteiger charge is 2.22. The number of nitrogens with zero attached hydrogens (tertiary/aromatic N) is 1. The Morgan fingerprint density at radius 1 is 0.365 bits per heavy atom. The first-order valence-corrected chi connectivity index (χ1v) is 34.2. The fourth-order valence-corrected chi connectivity index (χ4v) is 10.8. The van der Waals surface area contributed by atoms with Gasteiger partial charge in [0.2, 0.25) is 0 Å². The van der Waals surface area contributed by atoms with Gasteiger partial charge in [0, 0.05) is 12.8 Å². The van der Waals surface area contributed by atoms with Crippen molar-refractivity contribution in [3.05, 3.63) is 0 Å². The standard InChI is InChI=1S/C64H128NO8P/c1-6-8-10-12-14-16-18-19-20-21-22-23-24-25-26-27-28-29-30-31-32-33-34-35-36-37-38-39-40-41-42-43-44-45-47-49-51-53-55-57-64(67)73-62(61-72-74(68,69)71-59-58-65(3,4)5)60-70-63(66)56-54-52-50-48-46-17-15-13-11-9-7-2/h62H,6-61H2,1-5H3. The van der Waals surface area contributed by atoms with E-state index in [1.807, 2.05) is 21.1 Å². The fourth-order valence-electron chi connectivity index (χ4n) is 10.1. The van der Waals surface area contributed by atoms with Crippen LogP contribution in [-0.2, 0) is 32.7 Å². The van der Waals surface area contributed by atoms with E-state index in [-0.39, 0.29) is 32.0 Å². The van der Waals surface area contributed by atoms with Crippen LogP contribution in [0.2, 0.25) is 0 Å². The average Bonchev–Trinajstić information content (AvgIpc) is 3.36. The maximum Gasteiger partial charge on any atom is 0.306 e. The molecule has 0 aromatic rings. The number of ether oxygens (including phenoxy) is 2. The lowest BCUT2D eigenvalue weighted by molar-refractivity contribution is -0.870. The molecule has 0 heterocycles. The van der Waals surface area contributed by atoms with Crippen molar-refractivity contribution in [3.8, 4) is 0 Å². The summed E-state index contributed by atoms with van der Waals surface area (Å²) >= 11 is 0. The summed E-state index contributed by atoms with van der Waals surface area (Å²) in [6.07, 6.45) is 66.4. The van der Waals surface area contributed by atoms with Crippen LogP contribution < -0.4 is 4.89 Å². The van der Waals surface area contributed by atoms with Gasteiger partial charge in [-0.3, -0.25) is 14.2 Å². The van der Waals surface area contributed by atoms with Crippen LogP contribution in [0.15, 0.2) is 0 Å². The number of unbranched alkanes of at least 4 members (excludes halogenated alkanes) is 48. The van der Waals surface area contributed by atoms with E-state index in [1.54, 1.807) is 0 Å². The van der Waals surface area contributed by atoms with Crippen LogP contribution in [0.25, 0.3) is 0 Å². The van der Waals surface area contributed by atoms with E-state index in [2.05, 4.69) is 13.8 Å². The molecule has 0 aromatic carbocycles. The molecule has 0 N–H and O–H groups in total. The van der Waals surface area contributed by atoms with E-state index in [1.165, 1.54) is 283 Å². The monoisotopic (exact) mass is 1070 g/mol. The van der Waals surface area contributed by atoms with Gasteiger partial charge in [0.05, 0.1) is 27.7 Å². The Hall–Kier alpha value is -0.990. The summed E-state index contributed by atoms with van der Waals surface area (Å²) in [5, 5.41) is 0. The summed E-state index contributed by atoms with van der Waals surface area (Å²) in [5.74, 6) is -0.813. The largest absolute Gasteiger partial charge is 0.756 e. The zero-order valence-corrected chi connectivity index (χ0v) is 51.2. The third kappa shape index (κ3) is 60.2. The van der Waals surface area contributed by atoms with Crippen LogP contribution in [0, 0.1) is 0 Å². The van der Waals surface area contributed by atoms with Crippen molar-refractivity contribution < 1.29 is 42.1 Å². The maximum absolute atomic E-state index is 12.8. The molecule has 0 spiro atoms. The van der Waals surface area contributed by atoms with Gasteiger partial charge in [0.1, 0.15) is 19.8 Å². The van der Waals surface area contributed by atoms with Crippen molar-refractivity contribution in [2.45, 2.75) is 354 Å². The zero-order valence-electron chi connectivity index (χ0n) is 50.3. The number of quaternary nitrogens is 1. The van der Waals surface area contributed by atoms with E-state index in [0.29, 0.717) is 17.4 Å². The van der Waals surface area contributed by atoms with Crippen molar-refractivity contribution in [2.24, 2.45) is 0 Å². The summed E-state index contributed by atoms with van der Waals surface area (Å²) < 4.78 is 34.1. The summed E-state index contributed by atoms with van der Waals surface area (Å²) in [7, 11) is 1.19. The number of rotatable bonds is 62. The Morgan fingerprint density at radius 3 is 0.865 bits per heavy atom. The van der Waals surface area contributed by atoms with Crippen LogP contribution in [0.5, 0.6) is 0 Å². The highest BCUT2D eigenvalue weighted by atomic mass is 31.2. The summed E-state index contributed by atoms with van der Waals surface area (Å²) in [6, 6.07) is 0. The molecule has 0 aliphatic heterocycles. The zero-order chi connectivity index (χ0) is 54.2. The lowest BCUT2D eigenvalue weighted by atomic mass is 10.0. The Morgan fingerprint density at radius 2 is 0.608 bits per heavy atom. The number of hydrogen-bond donors (Lipinski definition) is 0. The van der Waals surface area contributed by atoms with E-state index >= 15 is 0 Å². The van der Waals surface area contributed by atoms with Crippen LogP contribution in [0.3, 0.4) is 0 Å². The van der Waals surface area contributed by atoms with E-state index in [9.17, 15) is 19.0 Å². The quantitative estimate of drug-likeness (QED) is 0.0256. The molecule has 0 saturated heterocycles. The molecular formula is C64H128NO8P. The van der Waals surface area contributed by atoms with Crippen LogP contribution in [-0.4, -0.2) is 70.0 Å². The van der Waals surface area contributed by atoms with Crippen LogP contribution in [0.4, 0.5) is 0 Å². The molecule has 9 nitrogen and oxygen atoms in total. The molecule has 2 atom stereocenters. The van der Waals surface area contributed by atoms with Gasteiger partial charge in [-0.1, -0.05) is 322 Å². The number of likely N-dealkylation sites (N-methyl/N-ethyl adjacent to an activating group) is 1. The van der Waals surface area contributed by atoms with Crippen LogP contribution in [0.1, 0.15) is 348 Å². The molecule has 0 bridgehead atoms. The van der Waals surface area contributed by atoms with Crippen LogP contribution >= 0.6 is 7.82 Å². The lowest BCUT2D eigenvalue weighted by Crippen LogP contribution is -2.37. The summed E-state index contributed by atoms with van der Waals surface area (Å²) in [5.41, 5.74) is 0. The van der Waals surface area contributed by atoms with Gasteiger partial charge >= 0.3 is 11.9 Å². The van der Waals surface area contributed by atoms with Gasteiger partial charge in [-0.2, -0.15) is 0 Å². The minimum atomic E-state index is -4.62. The first kappa shape index (κ1) is 73.0. The highest BCUT2D eigenvalue weighted by Crippen LogP contribution is 2.38. The topological polar surface area (TPSA) is 111 Å². The maximum atomic E-state index is 12.8. The third-order valence-electron chi connectivity index (χ3n) is 15.1. The van der Waals surface area contributed by atoms with Crippen molar-refractivity contribution in [2.75, 3.05) is 47.5 Å². The van der Waals surface area contributed by atoms with Crippen molar-refractivity contribution in [1.29, 1.82) is 0 Å². The highest BCUT2D eigenvalue weighted by molar-refractivity contribution is 7.45. The van der Waals surface area contributed by atoms with E-state index in [0.717, 1.165) is 32.1 Å². The molecule has 0 aliphatic rings. The number of esters is 2. The Balaban J connectivity index is 3.78. The second-order valence-corrected chi connectivity index (χ2v) is 25.3. The molecule has 0 rings (SSSR count). The molecule has 10 heteroatoms. The molecular weight excluding hydrogens is 942 g/mol. The Bertz CT molecular complexity index is 1210. The fraction of sp³-hybridized carbons (Fsp3) is 0.969. The van der Waals surface area contributed by atoms with E-state index < -0.39 is 26.5 Å². The smallest absolute Gasteiger partial charge is 0.306 e.